The second kappa shape index (κ2) is 8.19. The largest absolute Gasteiger partial charge is 0.348 e. The number of hydrogen-bond donors (Lipinski definition) is 2. The van der Waals surface area contributed by atoms with Crippen LogP contribution in [0.1, 0.15) is 70.6 Å². The van der Waals surface area contributed by atoms with E-state index in [1.807, 2.05) is 26.0 Å². The number of benzene rings is 1. The Morgan fingerprint density at radius 3 is 2.43 bits per heavy atom. The van der Waals surface area contributed by atoms with Crippen LogP contribution in [0.15, 0.2) is 35.1 Å². The molecule has 6 heteroatoms. The minimum Gasteiger partial charge on any atom is -0.348 e. The van der Waals surface area contributed by atoms with Crippen molar-refractivity contribution in [2.24, 2.45) is 5.41 Å². The molecular formula is C24H29N3O3. The number of nitrogens with zero attached hydrogens (tertiary/aromatic N) is 1. The fourth-order valence-corrected chi connectivity index (χ4v) is 4.44. The van der Waals surface area contributed by atoms with Gasteiger partial charge >= 0.3 is 0 Å². The van der Waals surface area contributed by atoms with Gasteiger partial charge in [0.15, 0.2) is 5.78 Å². The van der Waals surface area contributed by atoms with Crippen LogP contribution >= 0.6 is 0 Å². The van der Waals surface area contributed by atoms with Crippen LogP contribution in [0.2, 0.25) is 0 Å². The molecule has 2 aromatic rings. The molecule has 1 aliphatic carbocycles. The smallest absolute Gasteiger partial charge is 0.261 e. The van der Waals surface area contributed by atoms with Crippen LogP contribution in [-0.4, -0.2) is 34.7 Å². The van der Waals surface area contributed by atoms with Crippen molar-refractivity contribution in [3.63, 3.8) is 0 Å². The van der Waals surface area contributed by atoms with E-state index in [-0.39, 0.29) is 16.8 Å². The third-order valence-corrected chi connectivity index (χ3v) is 6.04. The lowest BCUT2D eigenvalue weighted by atomic mass is 9.75. The molecule has 1 aromatic heterocycles. The number of amides is 1. The molecule has 0 spiro atoms. The number of fused-ring (bicyclic) bond motifs is 1. The van der Waals surface area contributed by atoms with E-state index in [1.54, 1.807) is 0 Å². The standard InChI is InChI=1S/C24H29N3O3/c1-24(2)12-20-18(21(28)13-24)11-19(23(30)26-20)22(29)25-14-16-5-7-17(8-6-16)15-27-9-3-4-10-27/h5-8,11H,3-4,9-10,12-15H2,1-2H3,(H,25,29)(H,26,30). The molecule has 0 atom stereocenters. The number of aromatic amines is 1. The van der Waals surface area contributed by atoms with Crippen LogP contribution in [0.3, 0.4) is 0 Å². The van der Waals surface area contributed by atoms with Gasteiger partial charge in [-0.25, -0.2) is 0 Å². The average Bonchev–Trinajstić information content (AvgIpc) is 3.19. The number of carbonyl (C=O) groups excluding carboxylic acids is 2. The second-order valence-electron chi connectivity index (χ2n) is 9.33. The van der Waals surface area contributed by atoms with Gasteiger partial charge in [0.25, 0.3) is 11.5 Å². The lowest BCUT2D eigenvalue weighted by Crippen LogP contribution is -2.34. The highest BCUT2D eigenvalue weighted by Crippen LogP contribution is 2.33. The van der Waals surface area contributed by atoms with Gasteiger partial charge in [-0.1, -0.05) is 38.1 Å². The number of carbonyl (C=O) groups is 2. The first-order valence-corrected chi connectivity index (χ1v) is 10.7. The van der Waals surface area contributed by atoms with Gasteiger partial charge in [-0.2, -0.15) is 0 Å². The van der Waals surface area contributed by atoms with Gasteiger partial charge in [-0.15, -0.1) is 0 Å². The molecule has 158 valence electrons. The summed E-state index contributed by atoms with van der Waals surface area (Å²) in [5.41, 5.74) is 2.69. The van der Waals surface area contributed by atoms with Gasteiger partial charge in [-0.3, -0.25) is 19.3 Å². The zero-order chi connectivity index (χ0) is 21.3. The van der Waals surface area contributed by atoms with E-state index in [0.717, 1.165) is 25.2 Å². The van der Waals surface area contributed by atoms with Crippen molar-refractivity contribution in [1.29, 1.82) is 0 Å². The molecule has 2 heterocycles. The van der Waals surface area contributed by atoms with E-state index in [4.69, 9.17) is 0 Å². The molecule has 0 bridgehead atoms. The van der Waals surface area contributed by atoms with Crippen molar-refractivity contribution >= 4 is 11.7 Å². The van der Waals surface area contributed by atoms with Crippen molar-refractivity contribution in [2.75, 3.05) is 13.1 Å². The molecule has 1 saturated heterocycles. The maximum atomic E-state index is 12.6. The monoisotopic (exact) mass is 407 g/mol. The van der Waals surface area contributed by atoms with Crippen LogP contribution in [-0.2, 0) is 19.5 Å². The molecule has 0 saturated carbocycles. The van der Waals surface area contributed by atoms with Crippen molar-refractivity contribution < 1.29 is 9.59 Å². The molecule has 4 rings (SSSR count). The minimum atomic E-state index is -0.460. The molecule has 30 heavy (non-hydrogen) atoms. The van der Waals surface area contributed by atoms with Gasteiger partial charge < -0.3 is 10.3 Å². The quantitative estimate of drug-likeness (QED) is 0.798. The van der Waals surface area contributed by atoms with Crippen molar-refractivity contribution in [3.05, 3.63) is 68.6 Å². The van der Waals surface area contributed by atoms with Crippen molar-refractivity contribution in [1.82, 2.24) is 15.2 Å². The number of likely N-dealkylation sites (tertiary alicyclic amines) is 1. The summed E-state index contributed by atoms with van der Waals surface area (Å²) >= 11 is 0. The maximum absolute atomic E-state index is 12.6. The normalized spacial score (nSPS) is 18.3. The van der Waals surface area contributed by atoms with Crippen LogP contribution in [0.5, 0.6) is 0 Å². The number of aromatic nitrogens is 1. The van der Waals surface area contributed by atoms with Crippen molar-refractivity contribution in [3.8, 4) is 0 Å². The molecule has 1 amide bonds. The highest BCUT2D eigenvalue weighted by atomic mass is 16.2. The summed E-state index contributed by atoms with van der Waals surface area (Å²) < 4.78 is 0. The molecule has 1 aliphatic heterocycles. The summed E-state index contributed by atoms with van der Waals surface area (Å²) in [6, 6.07) is 9.65. The van der Waals surface area contributed by atoms with Crippen molar-refractivity contribution in [2.45, 2.75) is 52.6 Å². The second-order valence-corrected chi connectivity index (χ2v) is 9.33. The number of rotatable bonds is 5. The predicted molar refractivity (Wildman–Crippen MR) is 116 cm³/mol. The summed E-state index contributed by atoms with van der Waals surface area (Å²) in [7, 11) is 0. The summed E-state index contributed by atoms with van der Waals surface area (Å²) in [5.74, 6) is -0.488. The Labute approximate surface area is 176 Å². The molecule has 6 nitrogen and oxygen atoms in total. The predicted octanol–water partition coefficient (Wildman–Crippen LogP) is 3.06. The fourth-order valence-electron chi connectivity index (χ4n) is 4.44. The Morgan fingerprint density at radius 2 is 1.73 bits per heavy atom. The number of nitrogens with one attached hydrogen (secondary N) is 2. The van der Waals surface area contributed by atoms with Crippen LogP contribution in [0.4, 0.5) is 0 Å². The molecule has 2 aliphatic rings. The highest BCUT2D eigenvalue weighted by molar-refractivity contribution is 6.02. The molecule has 2 N–H and O–H groups in total. The number of Topliss-reactive ketones (excluding diaryl/α,β-unsaturated/α-hetero) is 1. The van der Waals surface area contributed by atoms with E-state index in [9.17, 15) is 14.4 Å². The van der Waals surface area contributed by atoms with E-state index in [0.29, 0.717) is 30.6 Å². The highest BCUT2D eigenvalue weighted by Gasteiger charge is 2.32. The topological polar surface area (TPSA) is 82.3 Å². The minimum absolute atomic E-state index is 0.00698. The van der Waals surface area contributed by atoms with Gasteiger partial charge in [0.05, 0.1) is 0 Å². The lowest BCUT2D eigenvalue weighted by Gasteiger charge is -2.29. The number of ketones is 1. The molecule has 1 aromatic carbocycles. The molecule has 1 fully saturated rings. The van der Waals surface area contributed by atoms with Gasteiger partial charge in [0, 0.05) is 30.8 Å². The number of hydrogen-bond acceptors (Lipinski definition) is 4. The average molecular weight is 408 g/mol. The van der Waals surface area contributed by atoms with Gasteiger partial charge in [0.2, 0.25) is 0 Å². The third-order valence-electron chi connectivity index (χ3n) is 6.04. The Balaban J connectivity index is 1.41. The van der Waals surface area contributed by atoms with Crippen LogP contribution in [0, 0.1) is 5.41 Å². The molecular weight excluding hydrogens is 378 g/mol. The summed E-state index contributed by atoms with van der Waals surface area (Å²) in [4.78, 5) is 42.7. The fraction of sp³-hybridized carbons (Fsp3) is 0.458. The Hall–Kier alpha value is -2.73. The third kappa shape index (κ3) is 4.54. The SMILES string of the molecule is CC1(C)CC(=O)c2cc(C(=O)NCc3ccc(CN4CCCC4)cc3)c(=O)[nH]c2C1. The first-order valence-electron chi connectivity index (χ1n) is 10.7. The zero-order valence-corrected chi connectivity index (χ0v) is 17.7. The molecule has 0 unspecified atom stereocenters. The maximum Gasteiger partial charge on any atom is 0.261 e. The first-order chi connectivity index (χ1) is 14.3. The van der Waals surface area contributed by atoms with E-state index in [1.165, 1.54) is 24.5 Å². The van der Waals surface area contributed by atoms with Crippen LogP contribution < -0.4 is 10.9 Å². The Bertz CT molecular complexity index is 1010. The summed E-state index contributed by atoms with van der Waals surface area (Å²) in [5, 5.41) is 2.81. The number of pyridine rings is 1. The van der Waals surface area contributed by atoms with Gasteiger partial charge in [0.1, 0.15) is 5.56 Å². The van der Waals surface area contributed by atoms with Gasteiger partial charge in [-0.05, 0) is 55.0 Å². The Kier molecular flexibility index (Phi) is 5.60. The first kappa shape index (κ1) is 20.5. The zero-order valence-electron chi connectivity index (χ0n) is 17.7. The summed E-state index contributed by atoms with van der Waals surface area (Å²) in [6.07, 6.45) is 3.58. The number of H-pyrrole nitrogens is 1. The molecule has 0 radical (unpaired) electrons. The van der Waals surface area contributed by atoms with E-state index >= 15 is 0 Å². The van der Waals surface area contributed by atoms with Crippen LogP contribution in [0.25, 0.3) is 0 Å². The van der Waals surface area contributed by atoms with E-state index < -0.39 is 11.5 Å². The Morgan fingerprint density at radius 1 is 1.07 bits per heavy atom. The van der Waals surface area contributed by atoms with E-state index in [2.05, 4.69) is 27.3 Å². The lowest BCUT2D eigenvalue weighted by molar-refractivity contribution is 0.0910. The summed E-state index contributed by atoms with van der Waals surface area (Å²) in [6.45, 7) is 7.62.